The van der Waals surface area contributed by atoms with Crippen molar-refractivity contribution in [1.82, 2.24) is 42.5 Å². The molecule has 0 radical (unpaired) electrons. The second-order valence-corrected chi connectivity index (χ2v) is 32.6. The molecule has 1 aliphatic rings. The summed E-state index contributed by atoms with van der Waals surface area (Å²) in [5.41, 5.74) is 6.99. The number of aromatic nitrogens is 9. The third-order valence-corrected chi connectivity index (χ3v) is 17.7. The van der Waals surface area contributed by atoms with E-state index in [2.05, 4.69) is 102 Å². The van der Waals surface area contributed by atoms with Gasteiger partial charge in [0.1, 0.15) is 17.5 Å². The molecule has 0 saturated heterocycles. The second-order valence-electron chi connectivity index (χ2n) is 23.1. The predicted molar refractivity (Wildman–Crippen MR) is 398 cm³/mol. The van der Waals surface area contributed by atoms with E-state index in [-0.39, 0.29) is 66.9 Å². The first-order valence-corrected chi connectivity index (χ1v) is 38.9. The number of benzene rings is 3. The molecular weight excluding hydrogens is 1450 g/mol. The van der Waals surface area contributed by atoms with Crippen LogP contribution in [0.1, 0.15) is 137 Å². The topological polar surface area (TPSA) is 182 Å². The Hall–Kier alpha value is -3.59. The molecule has 0 amide bonds. The molecule has 1 aliphatic heterocycles. The van der Waals surface area contributed by atoms with Crippen molar-refractivity contribution < 1.29 is 40.7 Å². The Labute approximate surface area is 628 Å². The van der Waals surface area contributed by atoms with Gasteiger partial charge in [0.2, 0.25) is 0 Å². The van der Waals surface area contributed by atoms with Crippen molar-refractivity contribution in [2.24, 2.45) is 0 Å². The van der Waals surface area contributed by atoms with Crippen molar-refractivity contribution >= 4 is 155 Å². The molecule has 3 aromatic carbocycles. The van der Waals surface area contributed by atoms with Gasteiger partial charge in [-0.1, -0.05) is 168 Å². The van der Waals surface area contributed by atoms with Gasteiger partial charge in [-0.2, -0.15) is 0 Å². The molecule has 10 rings (SSSR count). The van der Waals surface area contributed by atoms with Crippen LogP contribution in [0.4, 0.5) is 17.5 Å². The quantitative estimate of drug-likeness (QED) is 0.0297. The van der Waals surface area contributed by atoms with Crippen molar-refractivity contribution in [2.45, 2.75) is 177 Å². The monoisotopic (exact) mass is 1530 g/mol. The number of aliphatic hydroxyl groups excluding tert-OH is 1. The summed E-state index contributed by atoms with van der Waals surface area (Å²) in [7, 11) is 0. The number of hydrogen-bond acceptors (Lipinski definition) is 11. The number of nitrogens with one attached hydrogen (secondary N) is 2. The number of halogens is 10. The largest absolute Gasteiger partial charge is 1.00 e. The average Bonchev–Trinajstić information content (AvgIpc) is 1.58. The van der Waals surface area contributed by atoms with Gasteiger partial charge in [-0.25, -0.2) is 42.5 Å². The molecule has 9 aromatic rings. The molecule has 0 spiro atoms. The number of anilines is 3. The minimum absolute atomic E-state index is 0. The van der Waals surface area contributed by atoms with Gasteiger partial charge in [0.15, 0.2) is 16.9 Å². The van der Waals surface area contributed by atoms with Gasteiger partial charge < -0.3 is 22.1 Å². The second kappa shape index (κ2) is 37.2. The number of alkyl halides is 1. The zero-order valence-corrected chi connectivity index (χ0v) is 65.6. The van der Waals surface area contributed by atoms with E-state index in [1.54, 1.807) is 62.4 Å². The van der Waals surface area contributed by atoms with Crippen molar-refractivity contribution in [2.75, 3.05) is 34.6 Å². The summed E-state index contributed by atoms with van der Waals surface area (Å²) in [6, 6.07) is 22.5. The first-order valence-electron chi connectivity index (χ1n) is 31.7. The first kappa shape index (κ1) is 80.4. The van der Waals surface area contributed by atoms with E-state index in [1.807, 2.05) is 48.0 Å². The molecule has 17 nitrogen and oxygen atoms in total. The normalized spacial score (nSPS) is 12.1. The van der Waals surface area contributed by atoms with Gasteiger partial charge in [-0.3, -0.25) is 18.9 Å². The minimum atomic E-state index is -3.22. The number of aliphatic hydroxyl groups is 1. The number of hydrogen-bond donors (Lipinski definition) is 3. The summed E-state index contributed by atoms with van der Waals surface area (Å²) in [6.45, 7) is 20.7. The minimum Gasteiger partial charge on any atom is -1.00 e. The molecule has 0 saturated carbocycles. The van der Waals surface area contributed by atoms with Crippen LogP contribution in [0.3, 0.4) is 0 Å². The van der Waals surface area contributed by atoms with E-state index in [0.717, 1.165) is 118 Å². The molecule has 3 N–H and O–H groups in total. The Morgan fingerprint density at radius 2 is 0.863 bits per heavy atom. The molecule has 0 aliphatic carbocycles. The van der Waals surface area contributed by atoms with E-state index >= 15 is 0 Å². The van der Waals surface area contributed by atoms with Crippen molar-refractivity contribution in [3.8, 4) is 33.4 Å². The van der Waals surface area contributed by atoms with Crippen LogP contribution < -0.4 is 61.8 Å². The first-order chi connectivity index (χ1) is 44.8. The molecule has 6 aromatic heterocycles. The fourth-order valence-corrected chi connectivity index (χ4v) is 13.8. The summed E-state index contributed by atoms with van der Waals surface area (Å²) < 4.78 is 20.0. The molecule has 95 heavy (non-hydrogen) atoms. The standard InChI is InChI=1S/C22H27Cl3N4O.C22H28Cl2N4O2.C22H26Cl2N4O.Cl3OP.Na.H/c1-4-6-16(7-5-2)27-19-12-14(3)26-21-20(17-9-8-15(24)13-18(17)25)22(30)28(11-10-23)29(19)21;1-4-6-16(7-5-2)26-19-12-14(3)25-21-20(17-9-8-15(23)13-18(17)24)22(30)27(10-11-29)28(19)21;1-4-6-16(7-5-2)26-10-11-27-22(29)20(17-9-8-15(23)13-18(17)24)21-25-14(3)12-19(26)28(21)27;1-5(2,3)4;;/h8-9,12-13,16,27H,4-7,10-11H2,1-3H3;8-9,12-13,16,26,29H,4-7,10-11H2,1-3H3;8-9,12-13,16H,4-7,10-11H2,1-3H3;;;/q;;;;+1;-1. The van der Waals surface area contributed by atoms with Gasteiger partial charge in [0.05, 0.1) is 58.0 Å². The number of fused-ring (bicyclic) bond motifs is 2. The number of nitrogens with zero attached hydrogens (tertiary/aromatic N) is 10. The summed E-state index contributed by atoms with van der Waals surface area (Å²) in [4.78, 5) is 56.8. The SMILES string of the molecule is CCCC(CCC)N1CCn2c(=O)c(-c3ccc(Cl)cc3Cl)c3nc(C)cc1n32.CCCC(CCC)Nc1cc(C)nc2c(-c3ccc(Cl)cc3Cl)c(=O)n(CCCl)n12.CCCC(CCC)Nc1cc(C)nc2c(-c3ccc(Cl)cc3Cl)c(=O)n(CCO)n12.O=P(Cl)(Cl)Cl.[H-].[Na+]. The fraction of sp³-hybridized carbons (Fsp3) is 0.455. The van der Waals surface area contributed by atoms with E-state index < -0.39 is 5.20 Å². The van der Waals surface area contributed by atoms with Crippen LogP contribution >= 0.6 is 120 Å². The van der Waals surface area contributed by atoms with Crippen molar-refractivity contribution in [3.63, 3.8) is 0 Å². The molecule has 29 heteroatoms. The third kappa shape index (κ3) is 19.9. The molecule has 0 atom stereocenters. The van der Waals surface area contributed by atoms with Crippen LogP contribution in [-0.4, -0.2) is 84.8 Å². The molecule has 0 bridgehead atoms. The average molecular weight is 1530 g/mol. The van der Waals surface area contributed by atoms with E-state index in [4.69, 9.17) is 91.2 Å². The van der Waals surface area contributed by atoms with Gasteiger partial charge in [0.25, 0.3) is 16.7 Å². The maximum absolute atomic E-state index is 13.4. The molecule has 0 fully saturated rings. The van der Waals surface area contributed by atoms with E-state index in [9.17, 15) is 24.1 Å². The maximum Gasteiger partial charge on any atom is 1.00 e. The predicted octanol–water partition coefficient (Wildman–Crippen LogP) is 17.0. The number of rotatable bonds is 24. The third-order valence-electron chi connectivity index (χ3n) is 15.9. The van der Waals surface area contributed by atoms with Crippen molar-refractivity contribution in [1.29, 1.82) is 0 Å². The van der Waals surface area contributed by atoms with Gasteiger partial charge in [-0.15, -0.1) is 11.6 Å². The Balaban J connectivity index is 0.000000249. The molecular formula is C66H82Cl10N12NaO5P. The van der Waals surface area contributed by atoms with Crippen LogP contribution in [-0.2, 0) is 24.2 Å². The van der Waals surface area contributed by atoms with Gasteiger partial charge >= 0.3 is 34.8 Å². The van der Waals surface area contributed by atoms with Crippen molar-refractivity contribution in [3.05, 3.63) is 151 Å². The molecule has 7 heterocycles. The smallest absolute Gasteiger partial charge is 1.00 e. The van der Waals surface area contributed by atoms with Gasteiger partial charge in [0, 0.05) is 97.6 Å². The maximum atomic E-state index is 13.4. The zero-order valence-electron chi connectivity index (χ0n) is 56.2. The van der Waals surface area contributed by atoms with E-state index in [1.165, 1.54) is 4.68 Å². The summed E-state index contributed by atoms with van der Waals surface area (Å²) in [6.07, 6.45) is 13.0. The number of aryl methyl sites for hydroxylation is 4. The van der Waals surface area contributed by atoms with Crippen LogP contribution in [0, 0.1) is 20.8 Å². The Bertz CT molecular complexity index is 4150. The van der Waals surface area contributed by atoms with Gasteiger partial charge in [-0.05, 0) is 129 Å². The molecule has 512 valence electrons. The summed E-state index contributed by atoms with van der Waals surface area (Å²) >= 11 is 57.4. The van der Waals surface area contributed by atoms with E-state index in [0.29, 0.717) is 112 Å². The van der Waals surface area contributed by atoms with Crippen LogP contribution in [0.2, 0.25) is 30.1 Å². The Morgan fingerprint density at radius 1 is 0.516 bits per heavy atom. The van der Waals surface area contributed by atoms with Crippen LogP contribution in [0.15, 0.2) is 87.2 Å². The zero-order chi connectivity index (χ0) is 68.9. The Morgan fingerprint density at radius 3 is 1.21 bits per heavy atom. The molecule has 0 unspecified atom stereocenters. The summed E-state index contributed by atoms with van der Waals surface area (Å²) in [5.74, 6) is 2.97. The van der Waals surface area contributed by atoms with Crippen LogP contribution in [0.25, 0.3) is 50.3 Å². The Kier molecular flexibility index (Phi) is 31.5. The van der Waals surface area contributed by atoms with Crippen LogP contribution in [0.5, 0.6) is 0 Å². The summed E-state index contributed by atoms with van der Waals surface area (Å²) in [5, 5.41) is 16.5. The fourth-order valence-electron chi connectivity index (χ4n) is 12.2.